The van der Waals surface area contributed by atoms with E-state index in [0.717, 1.165) is 54.5 Å². The lowest BCUT2D eigenvalue weighted by atomic mass is 10.0. The fraction of sp³-hybridized carbons (Fsp3) is 0.545. The second-order valence-electron chi connectivity index (χ2n) is 7.94. The monoisotopic (exact) mass is 368 g/mol. The SMILES string of the molecule is Cc1cc(C)n(Cc2ccc(C(=O)NCCCN3CCC[C@H](C)C3)cc2)n1. The third-order valence-corrected chi connectivity index (χ3v) is 5.33. The van der Waals surface area contributed by atoms with Crippen molar-refractivity contribution in [1.29, 1.82) is 0 Å². The summed E-state index contributed by atoms with van der Waals surface area (Å²) < 4.78 is 1.99. The van der Waals surface area contributed by atoms with Crippen LogP contribution >= 0.6 is 0 Å². The molecule has 0 bridgehead atoms. The molecule has 2 heterocycles. The highest BCUT2D eigenvalue weighted by atomic mass is 16.1. The van der Waals surface area contributed by atoms with E-state index in [-0.39, 0.29) is 5.91 Å². The van der Waals surface area contributed by atoms with E-state index in [0.29, 0.717) is 0 Å². The van der Waals surface area contributed by atoms with Gasteiger partial charge in [-0.2, -0.15) is 5.10 Å². The Balaban J connectivity index is 1.42. The van der Waals surface area contributed by atoms with E-state index in [9.17, 15) is 4.79 Å². The van der Waals surface area contributed by atoms with Gasteiger partial charge >= 0.3 is 0 Å². The Morgan fingerprint density at radius 3 is 2.70 bits per heavy atom. The van der Waals surface area contributed by atoms with E-state index in [1.165, 1.54) is 25.9 Å². The lowest BCUT2D eigenvalue weighted by Crippen LogP contribution is -2.36. The molecule has 5 nitrogen and oxygen atoms in total. The Bertz CT molecular complexity index is 750. The van der Waals surface area contributed by atoms with Crippen LogP contribution in [0.3, 0.4) is 0 Å². The minimum atomic E-state index is 0.0136. The number of nitrogens with zero attached hydrogens (tertiary/aromatic N) is 3. The molecule has 3 rings (SSSR count). The molecule has 1 saturated heterocycles. The van der Waals surface area contributed by atoms with Gasteiger partial charge in [0.15, 0.2) is 0 Å². The standard InChI is InChI=1S/C22H32N4O/c1-17-6-4-12-25(15-17)13-5-11-23-22(27)21-9-7-20(8-10-21)16-26-19(3)14-18(2)24-26/h7-10,14,17H,4-6,11-13,15-16H2,1-3H3,(H,23,27)/t17-/m0/s1. The lowest BCUT2D eigenvalue weighted by Gasteiger charge is -2.30. The molecule has 146 valence electrons. The van der Waals surface area contributed by atoms with Crippen molar-refractivity contribution in [3.05, 3.63) is 52.8 Å². The Labute approximate surface area is 162 Å². The second kappa shape index (κ2) is 9.18. The molecule has 0 unspecified atom stereocenters. The Kier molecular flexibility index (Phi) is 6.67. The number of carbonyl (C=O) groups excluding carboxylic acids is 1. The summed E-state index contributed by atoms with van der Waals surface area (Å²) in [4.78, 5) is 14.9. The van der Waals surface area contributed by atoms with Gasteiger partial charge in [-0.15, -0.1) is 0 Å². The molecule has 1 N–H and O–H groups in total. The first-order valence-corrected chi connectivity index (χ1v) is 10.1. The van der Waals surface area contributed by atoms with E-state index < -0.39 is 0 Å². The summed E-state index contributed by atoms with van der Waals surface area (Å²) in [7, 11) is 0. The number of nitrogens with one attached hydrogen (secondary N) is 1. The van der Waals surface area contributed by atoms with Gasteiger partial charge in [0.2, 0.25) is 0 Å². The van der Waals surface area contributed by atoms with Crippen LogP contribution in [-0.2, 0) is 6.54 Å². The summed E-state index contributed by atoms with van der Waals surface area (Å²) in [6.45, 7) is 11.3. The predicted octanol–water partition coefficient (Wildman–Crippen LogP) is 3.40. The van der Waals surface area contributed by atoms with Crippen LogP contribution in [0.25, 0.3) is 0 Å². The van der Waals surface area contributed by atoms with E-state index >= 15 is 0 Å². The summed E-state index contributed by atoms with van der Waals surface area (Å²) in [6.07, 6.45) is 3.66. The summed E-state index contributed by atoms with van der Waals surface area (Å²) in [5, 5.41) is 7.54. The van der Waals surface area contributed by atoms with Gasteiger partial charge in [-0.05, 0) is 75.9 Å². The zero-order valence-electron chi connectivity index (χ0n) is 16.9. The molecule has 1 fully saturated rings. The quantitative estimate of drug-likeness (QED) is 0.762. The zero-order valence-corrected chi connectivity index (χ0v) is 16.9. The molecule has 0 radical (unpaired) electrons. The molecular formula is C22H32N4O. The fourth-order valence-corrected chi connectivity index (χ4v) is 3.87. The van der Waals surface area contributed by atoms with Gasteiger partial charge < -0.3 is 10.2 Å². The number of rotatable bonds is 7. The Hall–Kier alpha value is -2.14. The predicted molar refractivity (Wildman–Crippen MR) is 109 cm³/mol. The van der Waals surface area contributed by atoms with Crippen molar-refractivity contribution in [2.45, 2.75) is 46.6 Å². The number of aryl methyl sites for hydroxylation is 2. The topological polar surface area (TPSA) is 50.2 Å². The first-order chi connectivity index (χ1) is 13.0. The van der Waals surface area contributed by atoms with Crippen LogP contribution < -0.4 is 5.32 Å². The van der Waals surface area contributed by atoms with Crippen molar-refractivity contribution in [3.8, 4) is 0 Å². The molecule has 1 aromatic heterocycles. The van der Waals surface area contributed by atoms with E-state index in [1.54, 1.807) is 0 Å². The highest BCUT2D eigenvalue weighted by Crippen LogP contribution is 2.15. The molecule has 0 spiro atoms. The average molecular weight is 369 g/mol. The minimum absolute atomic E-state index is 0.0136. The molecule has 1 amide bonds. The largest absolute Gasteiger partial charge is 0.352 e. The van der Waals surface area contributed by atoms with E-state index in [4.69, 9.17) is 0 Å². The van der Waals surface area contributed by atoms with Crippen molar-refractivity contribution in [2.75, 3.05) is 26.2 Å². The van der Waals surface area contributed by atoms with Gasteiger partial charge in [0.25, 0.3) is 5.91 Å². The number of likely N-dealkylation sites (tertiary alicyclic amines) is 1. The van der Waals surface area contributed by atoms with Gasteiger partial charge in [-0.1, -0.05) is 19.1 Å². The van der Waals surface area contributed by atoms with Gasteiger partial charge in [0, 0.05) is 24.3 Å². The van der Waals surface area contributed by atoms with Crippen molar-refractivity contribution in [1.82, 2.24) is 20.0 Å². The Morgan fingerprint density at radius 2 is 2.04 bits per heavy atom. The molecule has 0 saturated carbocycles. The van der Waals surface area contributed by atoms with Crippen LogP contribution in [0.15, 0.2) is 30.3 Å². The highest BCUT2D eigenvalue weighted by molar-refractivity contribution is 5.94. The summed E-state index contributed by atoms with van der Waals surface area (Å²) in [5.41, 5.74) is 4.05. The van der Waals surface area contributed by atoms with Crippen molar-refractivity contribution >= 4 is 5.91 Å². The second-order valence-corrected chi connectivity index (χ2v) is 7.94. The smallest absolute Gasteiger partial charge is 0.251 e. The van der Waals surface area contributed by atoms with Crippen LogP contribution in [0.5, 0.6) is 0 Å². The molecule has 0 aliphatic carbocycles. The maximum Gasteiger partial charge on any atom is 0.251 e. The molecular weight excluding hydrogens is 336 g/mol. The van der Waals surface area contributed by atoms with Crippen LogP contribution in [-0.4, -0.2) is 46.8 Å². The van der Waals surface area contributed by atoms with Crippen molar-refractivity contribution in [3.63, 3.8) is 0 Å². The van der Waals surface area contributed by atoms with Crippen LogP contribution in [0.1, 0.15) is 53.5 Å². The molecule has 1 aliphatic rings. The number of aromatic nitrogens is 2. The van der Waals surface area contributed by atoms with Crippen LogP contribution in [0, 0.1) is 19.8 Å². The summed E-state index contributed by atoms with van der Waals surface area (Å²) in [6, 6.07) is 9.92. The number of amides is 1. The average Bonchev–Trinajstić information content (AvgIpc) is 2.96. The van der Waals surface area contributed by atoms with Gasteiger partial charge in [0.05, 0.1) is 12.2 Å². The lowest BCUT2D eigenvalue weighted by molar-refractivity contribution is 0.0950. The number of carbonyl (C=O) groups is 1. The molecule has 1 aliphatic heterocycles. The maximum atomic E-state index is 12.3. The third-order valence-electron chi connectivity index (χ3n) is 5.33. The third kappa shape index (κ3) is 5.67. The molecule has 1 atom stereocenters. The molecule has 27 heavy (non-hydrogen) atoms. The van der Waals surface area contributed by atoms with Crippen LogP contribution in [0.2, 0.25) is 0 Å². The summed E-state index contributed by atoms with van der Waals surface area (Å²) in [5.74, 6) is 0.820. The molecule has 5 heteroatoms. The number of benzene rings is 1. The highest BCUT2D eigenvalue weighted by Gasteiger charge is 2.15. The van der Waals surface area contributed by atoms with E-state index in [1.807, 2.05) is 35.9 Å². The van der Waals surface area contributed by atoms with Gasteiger partial charge in [-0.25, -0.2) is 0 Å². The van der Waals surface area contributed by atoms with Crippen LogP contribution in [0.4, 0.5) is 0 Å². The van der Waals surface area contributed by atoms with Gasteiger partial charge in [-0.3, -0.25) is 9.48 Å². The normalized spacial score (nSPS) is 17.8. The number of hydrogen-bond acceptors (Lipinski definition) is 3. The minimum Gasteiger partial charge on any atom is -0.352 e. The number of hydrogen-bond donors (Lipinski definition) is 1. The first-order valence-electron chi connectivity index (χ1n) is 10.1. The fourth-order valence-electron chi connectivity index (χ4n) is 3.87. The zero-order chi connectivity index (χ0) is 19.2. The summed E-state index contributed by atoms with van der Waals surface area (Å²) >= 11 is 0. The molecule has 2 aromatic rings. The Morgan fingerprint density at radius 1 is 1.26 bits per heavy atom. The van der Waals surface area contributed by atoms with Gasteiger partial charge in [0.1, 0.15) is 0 Å². The van der Waals surface area contributed by atoms with E-state index in [2.05, 4.69) is 35.2 Å². The number of piperidine rings is 1. The van der Waals surface area contributed by atoms with Crippen molar-refractivity contribution < 1.29 is 4.79 Å². The molecule has 1 aromatic carbocycles. The maximum absolute atomic E-state index is 12.3. The first kappa shape index (κ1) is 19.6. The van der Waals surface area contributed by atoms with Crippen molar-refractivity contribution in [2.24, 2.45) is 5.92 Å².